The molecule has 0 unspecified atom stereocenters. The first kappa shape index (κ1) is 59.7. The number of hydrogen-bond donors (Lipinski definition) is 0. The molecule has 0 amide bonds. The van der Waals surface area contributed by atoms with Crippen molar-refractivity contribution in [3.05, 3.63) is 395 Å². The summed E-state index contributed by atoms with van der Waals surface area (Å²) in [5.41, 5.74) is 18.3. The monoisotopic (exact) mass is 1570 g/mol. The molecular weight excluding hydrogens is 1410 g/mol. The lowest BCUT2D eigenvalue weighted by Gasteiger charge is -2.28. The van der Waals surface area contributed by atoms with Gasteiger partial charge in [-0.15, -0.1) is 0 Å². The highest BCUT2D eigenvalue weighted by molar-refractivity contribution is 5.85. The Hall–Kier alpha value is -10.9. The summed E-state index contributed by atoms with van der Waals surface area (Å²) in [5.74, 6) is 0. The minimum absolute atomic E-state index is 0. The minimum Gasteiger partial charge on any atom is -0.0776 e. The summed E-state index contributed by atoms with van der Waals surface area (Å²) in [6.07, 6.45) is 0. The quantitative estimate of drug-likeness (QED) is 0.135. The third kappa shape index (κ3) is 23.9. The molecule has 0 atom stereocenters. The van der Waals surface area contributed by atoms with Gasteiger partial charge in [0, 0.05) is 0 Å². The smallest absolute Gasteiger partial charge is 0.0632 e. The first-order valence-electron chi connectivity index (χ1n) is 52.9. The Morgan fingerprint density at radius 1 is 0.179 bits per heavy atom. The van der Waals surface area contributed by atoms with E-state index >= 15 is 0 Å². The molecule has 14 rings (SSSR count). The Labute approximate surface area is 747 Å². The summed E-state index contributed by atoms with van der Waals surface area (Å²) in [4.78, 5) is 0. The highest BCUT2D eigenvalue weighted by atomic mass is 14.3. The first-order chi connectivity index (χ1) is 65.5. The Bertz CT molecular complexity index is 6950. The Kier molecular flexibility index (Phi) is 19.8. The maximum Gasteiger partial charge on any atom is 0.0632 e. The van der Waals surface area contributed by atoms with Crippen molar-refractivity contribution in [2.75, 3.05) is 0 Å². The van der Waals surface area contributed by atoms with Crippen molar-refractivity contribution in [1.82, 2.24) is 0 Å². The number of benzene rings is 14. The molecule has 0 fully saturated rings. The highest BCUT2D eigenvalue weighted by Crippen LogP contribution is 2.46. The molecule has 0 bridgehead atoms. The lowest BCUT2D eigenvalue weighted by Crippen LogP contribution is -2.15. The lowest BCUT2D eigenvalue weighted by atomic mass is 9.76. The van der Waals surface area contributed by atoms with Gasteiger partial charge in [0.2, 0.25) is 0 Å². The molecule has 0 heteroatoms. The van der Waals surface area contributed by atoms with E-state index in [1.807, 2.05) is 41.5 Å². The zero-order chi connectivity index (χ0) is 107. The van der Waals surface area contributed by atoms with E-state index in [4.69, 9.17) is 37.0 Å². The molecule has 117 heavy (non-hydrogen) atoms. The molecule has 0 aliphatic carbocycles. The Morgan fingerprint density at radius 2 is 0.462 bits per heavy atom. The van der Waals surface area contributed by atoms with E-state index in [9.17, 15) is 0 Å². The van der Waals surface area contributed by atoms with Crippen LogP contribution in [0.5, 0.6) is 0 Å². The fourth-order valence-corrected chi connectivity index (χ4v) is 14.2. The summed E-state index contributed by atoms with van der Waals surface area (Å²) in [6, 6.07) is 52.4. The predicted molar refractivity (Wildman–Crippen MR) is 520 cm³/mol. The molecule has 0 heterocycles. The van der Waals surface area contributed by atoms with Gasteiger partial charge in [-0.2, -0.15) is 0 Å². The van der Waals surface area contributed by atoms with Gasteiger partial charge in [0.25, 0.3) is 0 Å². The third-order valence-electron chi connectivity index (χ3n) is 19.5. The topological polar surface area (TPSA) is 0 Å². The molecule has 0 saturated heterocycles. The van der Waals surface area contributed by atoms with Crippen LogP contribution in [0.2, 0.25) is 0 Å². The van der Waals surface area contributed by atoms with E-state index in [1.54, 1.807) is 52.8 Å². The first-order valence-corrected chi connectivity index (χ1v) is 39.4. The molecule has 0 N–H and O–H groups in total. The zero-order valence-corrected chi connectivity index (χ0v) is 71.7. The van der Waals surface area contributed by atoms with Crippen LogP contribution in [0.1, 0.15) is 253 Å². The standard InChI is InChI=1S/C30H38.2C23H24.C22H22.C17H20.2CH4/c1-28(2,3)23-17-13-21(14-18-23)25-11-10-12-26(27(25)30(7,8)9)22-15-19-24(20-16-22)29(4,5)6;2*1-17-10-8-13-19(16-17)21-15-9-14-20(22(21)23(2,3)4)18-11-6-5-7-12-18;1-22(2,3)21-19(17-11-6-4-7-12-17)15-10-16-20(21)18-13-8-5-9-14-18;1-13-10-11-15(14-8-6-5-7-9-14)16(12-13)17(2,3)4;;/h10-20H,1-9H3;2*5-16H,1-4H3;4-16H,1-3H3;5-12H,1-4H3;2*1H4/i;5D,6D,7D,8D,9D,10D,11D,13D,14D,15D,16D;5D,6D,7D,8D,10D,11D,13D,16D;;5D,6D,7D,8D,9D,10D,11D,12D;;. The maximum absolute atomic E-state index is 8.68. The van der Waals surface area contributed by atoms with Crippen molar-refractivity contribution >= 4 is 0 Å². The zero-order valence-electron chi connectivity index (χ0n) is 98.7. The molecule has 0 aliphatic rings. The third-order valence-corrected chi connectivity index (χ3v) is 19.5. The van der Waals surface area contributed by atoms with Crippen LogP contribution in [0.15, 0.2) is 339 Å². The van der Waals surface area contributed by atoms with Crippen LogP contribution in [0, 0.1) is 20.8 Å². The molecule has 14 aromatic rings. The average molecular weight is 1570 g/mol. The van der Waals surface area contributed by atoms with Crippen LogP contribution in [0.3, 0.4) is 0 Å². The highest BCUT2D eigenvalue weighted by Gasteiger charge is 2.29. The van der Waals surface area contributed by atoms with Crippen molar-refractivity contribution < 1.29 is 37.0 Å². The van der Waals surface area contributed by atoms with Crippen molar-refractivity contribution in [3.63, 3.8) is 0 Å². The molecule has 0 nitrogen and oxygen atoms in total. The van der Waals surface area contributed by atoms with Crippen molar-refractivity contribution in [3.8, 4) is 100 Å². The van der Waals surface area contributed by atoms with Gasteiger partial charge < -0.3 is 0 Å². The summed E-state index contributed by atoms with van der Waals surface area (Å²) in [5, 5.41) is 0. The van der Waals surface area contributed by atoms with E-state index in [0.717, 1.165) is 5.56 Å². The van der Waals surface area contributed by atoms with E-state index in [0.29, 0.717) is 33.4 Å². The van der Waals surface area contributed by atoms with E-state index in [1.165, 1.54) is 85.8 Å². The van der Waals surface area contributed by atoms with Crippen LogP contribution in [-0.4, -0.2) is 0 Å². The Balaban J connectivity index is 0.000000221. The van der Waals surface area contributed by atoms with Crippen LogP contribution < -0.4 is 0 Å². The lowest BCUT2D eigenvalue weighted by molar-refractivity contribution is 0.589. The molecule has 14 aromatic carbocycles. The van der Waals surface area contributed by atoms with Crippen LogP contribution >= 0.6 is 0 Å². The number of hydrogen-bond acceptors (Lipinski definition) is 0. The van der Waals surface area contributed by atoms with Crippen molar-refractivity contribution in [1.29, 1.82) is 0 Å². The largest absolute Gasteiger partial charge is 0.0776 e. The molecule has 0 radical (unpaired) electrons. The summed E-state index contributed by atoms with van der Waals surface area (Å²) in [7, 11) is 0. The second-order valence-corrected chi connectivity index (χ2v) is 36.2. The minimum atomic E-state index is -0.852. The van der Waals surface area contributed by atoms with Crippen molar-refractivity contribution in [2.24, 2.45) is 0 Å². The van der Waals surface area contributed by atoms with Gasteiger partial charge in [-0.3, -0.25) is 0 Å². The fraction of sp³-hybridized carbons (Fsp3) is 0.282. The molecule has 0 aromatic heterocycles. The molecule has 604 valence electrons. The van der Waals surface area contributed by atoms with Crippen molar-refractivity contribution in [2.45, 2.75) is 219 Å². The van der Waals surface area contributed by atoms with Gasteiger partial charge in [0.05, 0.1) is 37.0 Å². The second-order valence-electron chi connectivity index (χ2n) is 36.2. The summed E-state index contributed by atoms with van der Waals surface area (Å²) in [6.45, 7) is 48.8. The molecular formula is C117H136. The summed E-state index contributed by atoms with van der Waals surface area (Å²) < 4.78 is 222. The second kappa shape index (κ2) is 38.9. The average Bonchev–Trinajstić information content (AvgIpc) is 0.718. The SMILES string of the molecule is C.C.CC(C)(C)c1c(-c2ccccc2)cccc1-c1ccccc1.CC(C)(C)c1ccc(-c2cccc(-c3ccc(C(C)(C)C)cc3)c2C(C)(C)C)cc1.[2H]c1c([2H])c([2H])c(-c2c([2H])c([2H])c(C)c([2H])c2C(C)(C)C)c([2H])c1[2H].[2H]c1cc(-c2c([2H])c([2H])c([2H])c(-c3c([2H])c([2H])c([2H])c(C)c3[2H])c2C(C)(C)C)c([2H])c([2H])c1[2H].[2H]c1cc(-c2cccc(-c3c([2H])c([2H])c([2H])c(C)c3[2H])c2C(C)(C)C)c([2H])c([2H])c1[2H]. The van der Waals surface area contributed by atoms with Crippen LogP contribution in [0.25, 0.3) is 100 Å². The van der Waals surface area contributed by atoms with Gasteiger partial charge in [0.1, 0.15) is 0 Å². The normalized spacial score (nSPS) is 14.9. The molecule has 0 saturated carbocycles. The summed E-state index contributed by atoms with van der Waals surface area (Å²) >= 11 is 0. The molecule has 0 aliphatic heterocycles. The van der Waals surface area contributed by atoms with E-state index in [2.05, 4.69) is 229 Å². The fourth-order valence-electron chi connectivity index (χ4n) is 14.2. The predicted octanol–water partition coefficient (Wildman–Crippen LogP) is 34.7. The van der Waals surface area contributed by atoms with Gasteiger partial charge in [-0.05, 0) is 198 Å². The molecule has 0 spiro atoms. The number of rotatable bonds is 9. The maximum atomic E-state index is 8.68. The van der Waals surface area contributed by atoms with Gasteiger partial charge in [-0.1, -0.05) is 516 Å². The van der Waals surface area contributed by atoms with Gasteiger partial charge >= 0.3 is 0 Å². The Morgan fingerprint density at radius 3 is 0.821 bits per heavy atom. The van der Waals surface area contributed by atoms with Crippen LogP contribution in [0.4, 0.5) is 0 Å². The van der Waals surface area contributed by atoms with E-state index in [-0.39, 0.29) is 171 Å². The van der Waals surface area contributed by atoms with Gasteiger partial charge in [-0.25, -0.2) is 0 Å². The van der Waals surface area contributed by atoms with E-state index < -0.39 is 94.8 Å². The van der Waals surface area contributed by atoms with Crippen LogP contribution in [-0.2, 0) is 37.9 Å². The van der Waals surface area contributed by atoms with Gasteiger partial charge in [0.15, 0.2) is 0 Å².